The van der Waals surface area contributed by atoms with Crippen molar-refractivity contribution in [3.63, 3.8) is 0 Å². The summed E-state index contributed by atoms with van der Waals surface area (Å²) in [6.45, 7) is 1.29. The molecule has 196 valence electrons. The molecule has 1 amide bonds. The molecule has 1 saturated heterocycles. The van der Waals surface area contributed by atoms with E-state index in [4.69, 9.17) is 4.74 Å². The molecule has 38 heavy (non-hydrogen) atoms. The molecule has 0 spiro atoms. The zero-order valence-electron chi connectivity index (χ0n) is 20.8. The van der Waals surface area contributed by atoms with Crippen molar-refractivity contribution in [3.05, 3.63) is 114 Å². The number of rotatable bonds is 7. The van der Waals surface area contributed by atoms with Gasteiger partial charge < -0.3 is 14.2 Å². The Morgan fingerprint density at radius 2 is 1.76 bits per heavy atom. The van der Waals surface area contributed by atoms with Crippen molar-refractivity contribution in [2.24, 2.45) is 7.05 Å². The van der Waals surface area contributed by atoms with Crippen LogP contribution in [0.5, 0.6) is 0 Å². The van der Waals surface area contributed by atoms with E-state index >= 15 is 0 Å². The number of aryl methyl sites for hydroxylation is 1. The third-order valence-electron chi connectivity index (χ3n) is 6.40. The summed E-state index contributed by atoms with van der Waals surface area (Å²) in [5, 5.41) is -0.109. The lowest BCUT2D eigenvalue weighted by molar-refractivity contribution is -0.0228. The van der Waals surface area contributed by atoms with Crippen molar-refractivity contribution in [1.29, 1.82) is 0 Å². The van der Waals surface area contributed by atoms with Crippen molar-refractivity contribution in [1.82, 2.24) is 14.5 Å². The highest BCUT2D eigenvalue weighted by Crippen LogP contribution is 2.27. The maximum Gasteiger partial charge on any atom is 0.283 e. The van der Waals surface area contributed by atoms with Crippen LogP contribution in [0.3, 0.4) is 0 Å². The molecule has 1 aliphatic rings. The zero-order chi connectivity index (χ0) is 26.7. The predicted molar refractivity (Wildman–Crippen MR) is 140 cm³/mol. The van der Waals surface area contributed by atoms with Gasteiger partial charge in [0.05, 0.1) is 31.7 Å². The second kappa shape index (κ2) is 10.8. The number of ether oxygens (including phenoxy) is 1. The highest BCUT2D eigenvalue weighted by atomic mass is 32.2. The molecule has 0 saturated carbocycles. The molecular formula is C28H27FN4O4S. The van der Waals surface area contributed by atoms with Gasteiger partial charge in [-0.3, -0.25) is 9.10 Å². The summed E-state index contributed by atoms with van der Waals surface area (Å²) in [6, 6.07) is 21.9. The lowest BCUT2D eigenvalue weighted by atomic mass is 10.1. The highest BCUT2D eigenvalue weighted by Gasteiger charge is 2.29. The predicted octanol–water partition coefficient (Wildman–Crippen LogP) is 4.17. The number of amides is 1. The van der Waals surface area contributed by atoms with E-state index in [1.807, 2.05) is 30.3 Å². The van der Waals surface area contributed by atoms with E-state index < -0.39 is 15.8 Å². The molecule has 2 heterocycles. The molecule has 0 N–H and O–H groups in total. The largest absolute Gasteiger partial charge is 0.370 e. The number of carbonyl (C=O) groups is 1. The van der Waals surface area contributed by atoms with Gasteiger partial charge in [-0.15, -0.1) is 0 Å². The van der Waals surface area contributed by atoms with Crippen LogP contribution >= 0.6 is 0 Å². The number of hydrogen-bond donors (Lipinski definition) is 0. The Balaban J connectivity index is 1.40. The van der Waals surface area contributed by atoms with Gasteiger partial charge in [-0.1, -0.05) is 42.5 Å². The Kier molecular flexibility index (Phi) is 7.26. The van der Waals surface area contributed by atoms with Gasteiger partial charge in [0.25, 0.3) is 15.9 Å². The van der Waals surface area contributed by atoms with Crippen molar-refractivity contribution in [2.75, 3.05) is 24.0 Å². The highest BCUT2D eigenvalue weighted by molar-refractivity contribution is 7.92. The van der Waals surface area contributed by atoms with Crippen molar-refractivity contribution >= 4 is 21.6 Å². The van der Waals surface area contributed by atoms with Gasteiger partial charge in [0.15, 0.2) is 5.03 Å². The second-order valence-electron chi connectivity index (χ2n) is 9.08. The third kappa shape index (κ3) is 5.46. The van der Waals surface area contributed by atoms with E-state index in [1.165, 1.54) is 41.1 Å². The number of anilines is 1. The van der Waals surface area contributed by atoms with Gasteiger partial charge in [0.2, 0.25) is 0 Å². The van der Waals surface area contributed by atoms with Crippen LogP contribution in [0.15, 0.2) is 96.4 Å². The maximum atomic E-state index is 13.5. The summed E-state index contributed by atoms with van der Waals surface area (Å²) in [5.74, 6) is -0.563. The van der Waals surface area contributed by atoms with E-state index in [0.717, 1.165) is 5.56 Å². The monoisotopic (exact) mass is 534 g/mol. The fraction of sp³-hybridized carbons (Fsp3) is 0.214. The van der Waals surface area contributed by atoms with Crippen LogP contribution in [0.2, 0.25) is 0 Å². The van der Waals surface area contributed by atoms with Gasteiger partial charge >= 0.3 is 0 Å². The normalized spacial score (nSPS) is 15.8. The van der Waals surface area contributed by atoms with Gasteiger partial charge in [-0.2, -0.15) is 8.42 Å². The zero-order valence-corrected chi connectivity index (χ0v) is 21.6. The Labute approximate surface area is 221 Å². The van der Waals surface area contributed by atoms with Crippen LogP contribution in [0, 0.1) is 5.82 Å². The molecule has 1 unspecified atom stereocenters. The van der Waals surface area contributed by atoms with Crippen LogP contribution in [-0.2, 0) is 28.4 Å². The summed E-state index contributed by atoms with van der Waals surface area (Å²) in [4.78, 5) is 19.1. The van der Waals surface area contributed by atoms with Crippen LogP contribution in [0.4, 0.5) is 10.1 Å². The Morgan fingerprint density at radius 1 is 1.05 bits per heavy atom. The number of benzene rings is 3. The van der Waals surface area contributed by atoms with Gasteiger partial charge in [-0.25, -0.2) is 9.37 Å². The quantitative estimate of drug-likeness (QED) is 0.355. The number of morpholine rings is 1. The fourth-order valence-electron chi connectivity index (χ4n) is 4.36. The van der Waals surface area contributed by atoms with E-state index in [9.17, 15) is 17.6 Å². The Morgan fingerprint density at radius 3 is 2.42 bits per heavy atom. The Bertz CT molecular complexity index is 1510. The van der Waals surface area contributed by atoms with Crippen LogP contribution in [0.1, 0.15) is 27.6 Å². The summed E-state index contributed by atoms with van der Waals surface area (Å²) in [5.41, 5.74) is 2.42. The molecule has 1 aliphatic heterocycles. The molecule has 1 atom stereocenters. The second-order valence-corrected chi connectivity index (χ2v) is 10.9. The number of carbonyl (C=O) groups excluding carboxylic acids is 1. The molecule has 8 nitrogen and oxygen atoms in total. The summed E-state index contributed by atoms with van der Waals surface area (Å²) in [7, 11) is -2.35. The summed E-state index contributed by atoms with van der Waals surface area (Å²) in [6.07, 6.45) is 2.63. The third-order valence-corrected chi connectivity index (χ3v) is 8.06. The first-order valence-electron chi connectivity index (χ1n) is 12.1. The minimum absolute atomic E-state index is 0.0330. The smallest absolute Gasteiger partial charge is 0.283 e. The number of aromatic nitrogens is 2. The summed E-state index contributed by atoms with van der Waals surface area (Å²) < 4.78 is 49.2. The molecule has 1 aromatic heterocycles. The minimum Gasteiger partial charge on any atom is -0.370 e. The molecule has 0 aliphatic carbocycles. The molecule has 4 aromatic rings. The molecule has 3 aromatic carbocycles. The topological polar surface area (TPSA) is 84.7 Å². The first kappa shape index (κ1) is 25.6. The molecule has 0 radical (unpaired) electrons. The lowest BCUT2D eigenvalue weighted by Crippen LogP contribution is -2.42. The minimum atomic E-state index is -4.04. The average molecular weight is 535 g/mol. The van der Waals surface area contributed by atoms with E-state index in [0.29, 0.717) is 36.5 Å². The standard InChI is InChI=1S/C28H27FN4O4S/c1-31-19-27(30-20-31)38(35,36)33(17-21-7-11-24(29)12-8-21)25-13-9-23(10-14-25)28(34)32-15-16-37-26(18-32)22-5-3-2-4-6-22/h2-14,19-20,26H,15-18H2,1H3. The van der Waals surface area contributed by atoms with Crippen LogP contribution in [0.25, 0.3) is 0 Å². The SMILES string of the molecule is Cn1cnc(S(=O)(=O)N(Cc2ccc(F)cc2)c2ccc(C(=O)N3CCOC(c4ccccc4)C3)cc2)c1. The van der Waals surface area contributed by atoms with E-state index in [-0.39, 0.29) is 23.6 Å². The molecular weight excluding hydrogens is 507 g/mol. The first-order valence-corrected chi connectivity index (χ1v) is 13.6. The number of halogens is 1. The van der Waals surface area contributed by atoms with Gasteiger partial charge in [0.1, 0.15) is 11.9 Å². The average Bonchev–Trinajstić information content (AvgIpc) is 3.40. The van der Waals surface area contributed by atoms with Gasteiger partial charge in [-0.05, 0) is 47.5 Å². The molecule has 1 fully saturated rings. The number of hydrogen-bond acceptors (Lipinski definition) is 5. The molecule has 5 rings (SSSR count). The maximum absolute atomic E-state index is 13.5. The molecule has 0 bridgehead atoms. The fourth-order valence-corrected chi connectivity index (χ4v) is 5.79. The molecule has 10 heteroatoms. The van der Waals surface area contributed by atoms with E-state index in [2.05, 4.69) is 4.98 Å². The lowest BCUT2D eigenvalue weighted by Gasteiger charge is -2.33. The first-order chi connectivity index (χ1) is 18.3. The van der Waals surface area contributed by atoms with Crippen molar-refractivity contribution < 1.29 is 22.3 Å². The number of sulfonamides is 1. The van der Waals surface area contributed by atoms with Crippen LogP contribution < -0.4 is 4.31 Å². The summed E-state index contributed by atoms with van der Waals surface area (Å²) >= 11 is 0. The Hall–Kier alpha value is -4.02. The van der Waals surface area contributed by atoms with Crippen molar-refractivity contribution in [2.45, 2.75) is 17.7 Å². The van der Waals surface area contributed by atoms with Crippen LogP contribution in [-0.4, -0.2) is 48.5 Å². The van der Waals surface area contributed by atoms with E-state index in [1.54, 1.807) is 40.8 Å². The van der Waals surface area contributed by atoms with Crippen molar-refractivity contribution in [3.8, 4) is 0 Å². The van der Waals surface area contributed by atoms with Gasteiger partial charge in [0, 0.05) is 25.4 Å². The number of imidazole rings is 1. The number of nitrogens with zero attached hydrogens (tertiary/aromatic N) is 4.